The average molecular weight is 277 g/mol. The molecule has 0 aliphatic heterocycles. The van der Waals surface area contributed by atoms with E-state index in [1.807, 2.05) is 5.38 Å². The van der Waals surface area contributed by atoms with E-state index in [1.165, 1.54) is 0 Å². The molecule has 0 spiro atoms. The summed E-state index contributed by atoms with van der Waals surface area (Å²) in [6.45, 7) is 3.50. The largest absolute Gasteiger partial charge is 0.396 e. The molecule has 1 aromatic rings. The average Bonchev–Trinajstić information content (AvgIpc) is 2.82. The Bertz CT molecular complexity index is 319. The molecule has 0 bridgehead atoms. The normalized spacial score (nSPS) is 13.2. The van der Waals surface area contributed by atoms with Gasteiger partial charge < -0.3 is 5.11 Å². The van der Waals surface area contributed by atoms with E-state index >= 15 is 0 Å². The molecule has 0 aromatic carbocycles. The zero-order valence-corrected chi connectivity index (χ0v) is 12.1. The van der Waals surface area contributed by atoms with Crippen LogP contribution < -0.4 is 0 Å². The first-order valence-corrected chi connectivity index (χ1v) is 7.41. The fraction of sp³-hybridized carbons (Fsp3) is 0.750. The van der Waals surface area contributed by atoms with Crippen LogP contribution in [0.3, 0.4) is 0 Å². The lowest BCUT2D eigenvalue weighted by molar-refractivity contribution is 0.244. The number of aliphatic hydroxyl groups is 1. The lowest BCUT2D eigenvalue weighted by atomic mass is 10.2. The molecule has 0 aliphatic rings. The standard InChI is InChI=1S/C12H21ClN2OS/c1-10(12-14-11(8-13)9-17-12)15(2)6-4-3-5-7-16/h9-10,16H,3-8H2,1-2H3. The molecule has 0 amide bonds. The number of hydrogen-bond donors (Lipinski definition) is 1. The Morgan fingerprint density at radius 3 is 2.82 bits per heavy atom. The number of unbranched alkanes of at least 4 members (excludes halogenated alkanes) is 2. The molecule has 1 rings (SSSR count). The van der Waals surface area contributed by atoms with Gasteiger partial charge in [0.1, 0.15) is 5.01 Å². The number of hydrogen-bond acceptors (Lipinski definition) is 4. The Kier molecular flexibility index (Phi) is 7.04. The van der Waals surface area contributed by atoms with Gasteiger partial charge in [-0.3, -0.25) is 4.90 Å². The molecule has 0 fully saturated rings. The Morgan fingerprint density at radius 1 is 1.47 bits per heavy atom. The van der Waals surface area contributed by atoms with Gasteiger partial charge in [-0.05, 0) is 39.8 Å². The molecule has 17 heavy (non-hydrogen) atoms. The topological polar surface area (TPSA) is 36.4 Å². The van der Waals surface area contributed by atoms with Crippen molar-refractivity contribution in [3.63, 3.8) is 0 Å². The maximum absolute atomic E-state index is 8.71. The van der Waals surface area contributed by atoms with Crippen molar-refractivity contribution in [1.82, 2.24) is 9.88 Å². The highest BCUT2D eigenvalue weighted by atomic mass is 35.5. The van der Waals surface area contributed by atoms with Gasteiger partial charge in [0.2, 0.25) is 0 Å². The summed E-state index contributed by atoms with van der Waals surface area (Å²) in [4.78, 5) is 6.80. The molecule has 1 atom stereocenters. The summed E-state index contributed by atoms with van der Waals surface area (Å²) in [5.74, 6) is 0.490. The number of alkyl halides is 1. The van der Waals surface area contributed by atoms with Crippen molar-refractivity contribution in [3.8, 4) is 0 Å². The van der Waals surface area contributed by atoms with Gasteiger partial charge in [0.05, 0.1) is 17.6 Å². The monoisotopic (exact) mass is 276 g/mol. The molecule has 1 unspecified atom stereocenters. The number of rotatable bonds is 8. The van der Waals surface area contributed by atoms with Crippen LogP contribution >= 0.6 is 22.9 Å². The molecular formula is C12H21ClN2OS. The number of halogens is 1. The van der Waals surface area contributed by atoms with Crippen molar-refractivity contribution < 1.29 is 5.11 Å². The van der Waals surface area contributed by atoms with E-state index in [2.05, 4.69) is 23.9 Å². The van der Waals surface area contributed by atoms with Gasteiger partial charge in [0.15, 0.2) is 0 Å². The number of nitrogens with zero attached hydrogens (tertiary/aromatic N) is 2. The van der Waals surface area contributed by atoms with Gasteiger partial charge in [0, 0.05) is 12.0 Å². The minimum atomic E-state index is 0.296. The van der Waals surface area contributed by atoms with E-state index in [9.17, 15) is 0 Å². The first-order valence-electron chi connectivity index (χ1n) is 6.00. The van der Waals surface area contributed by atoms with E-state index in [0.29, 0.717) is 18.5 Å². The quantitative estimate of drug-likeness (QED) is 0.586. The molecule has 0 saturated heterocycles. The molecular weight excluding hydrogens is 256 g/mol. The highest BCUT2D eigenvalue weighted by Crippen LogP contribution is 2.23. The van der Waals surface area contributed by atoms with E-state index in [4.69, 9.17) is 16.7 Å². The smallest absolute Gasteiger partial charge is 0.110 e. The van der Waals surface area contributed by atoms with Crippen LogP contribution in [-0.4, -0.2) is 35.2 Å². The summed E-state index contributed by atoms with van der Waals surface area (Å²) in [5, 5.41) is 11.9. The molecule has 5 heteroatoms. The van der Waals surface area contributed by atoms with Gasteiger partial charge in [-0.15, -0.1) is 22.9 Å². The van der Waals surface area contributed by atoms with Crippen LogP contribution in [0, 0.1) is 0 Å². The van der Waals surface area contributed by atoms with Crippen molar-refractivity contribution in [1.29, 1.82) is 0 Å². The SMILES string of the molecule is CC(c1nc(CCl)cs1)N(C)CCCCCO. The molecule has 0 saturated carbocycles. The van der Waals surface area contributed by atoms with Crippen molar-refractivity contribution in [3.05, 3.63) is 16.1 Å². The maximum Gasteiger partial charge on any atom is 0.110 e. The fourth-order valence-corrected chi connectivity index (χ4v) is 2.78. The first kappa shape index (κ1) is 14.9. The van der Waals surface area contributed by atoms with Gasteiger partial charge in [-0.2, -0.15) is 0 Å². The summed E-state index contributed by atoms with van der Waals surface area (Å²) in [6, 6.07) is 0.339. The third kappa shape index (κ3) is 4.92. The predicted octanol–water partition coefficient (Wildman–Crippen LogP) is 3.04. The molecule has 3 nitrogen and oxygen atoms in total. The molecule has 98 valence electrons. The minimum Gasteiger partial charge on any atom is -0.396 e. The summed E-state index contributed by atoms with van der Waals surface area (Å²) < 4.78 is 0. The molecule has 1 N–H and O–H groups in total. The molecule has 0 aliphatic carbocycles. The fourth-order valence-electron chi connectivity index (χ4n) is 1.61. The van der Waals surface area contributed by atoms with Gasteiger partial charge in [-0.1, -0.05) is 0 Å². The van der Waals surface area contributed by atoms with Crippen LogP contribution in [0.1, 0.15) is 42.9 Å². The number of aromatic nitrogens is 1. The first-order chi connectivity index (χ1) is 8.19. The Balaban J connectivity index is 2.37. The van der Waals surface area contributed by atoms with Crippen molar-refractivity contribution in [2.45, 2.75) is 38.1 Å². The van der Waals surface area contributed by atoms with E-state index < -0.39 is 0 Å². The summed E-state index contributed by atoms with van der Waals surface area (Å²) >= 11 is 7.43. The number of thiazole rings is 1. The third-order valence-electron chi connectivity index (χ3n) is 2.89. The van der Waals surface area contributed by atoms with E-state index in [0.717, 1.165) is 36.5 Å². The minimum absolute atomic E-state index is 0.296. The van der Waals surface area contributed by atoms with Crippen LogP contribution in [0.4, 0.5) is 0 Å². The van der Waals surface area contributed by atoms with Crippen molar-refractivity contribution in [2.75, 3.05) is 20.2 Å². The van der Waals surface area contributed by atoms with E-state index in [-0.39, 0.29) is 0 Å². The summed E-state index contributed by atoms with van der Waals surface area (Å²) in [7, 11) is 2.12. The maximum atomic E-state index is 8.71. The van der Waals surface area contributed by atoms with E-state index in [1.54, 1.807) is 11.3 Å². The van der Waals surface area contributed by atoms with Gasteiger partial charge >= 0.3 is 0 Å². The van der Waals surface area contributed by atoms with Crippen LogP contribution in [0.25, 0.3) is 0 Å². The van der Waals surface area contributed by atoms with Crippen molar-refractivity contribution >= 4 is 22.9 Å². The molecule has 1 heterocycles. The summed E-state index contributed by atoms with van der Waals surface area (Å²) in [6.07, 6.45) is 3.10. The lowest BCUT2D eigenvalue weighted by Gasteiger charge is -2.22. The number of aliphatic hydroxyl groups excluding tert-OH is 1. The third-order valence-corrected chi connectivity index (χ3v) is 4.23. The van der Waals surface area contributed by atoms with Crippen LogP contribution in [-0.2, 0) is 5.88 Å². The predicted molar refractivity (Wildman–Crippen MR) is 73.7 cm³/mol. The zero-order chi connectivity index (χ0) is 12.7. The second-order valence-corrected chi connectivity index (χ2v) is 5.41. The summed E-state index contributed by atoms with van der Waals surface area (Å²) in [5.41, 5.74) is 0.965. The lowest BCUT2D eigenvalue weighted by Crippen LogP contribution is -2.23. The second-order valence-electron chi connectivity index (χ2n) is 4.25. The molecule has 1 aromatic heterocycles. The Morgan fingerprint density at radius 2 is 2.24 bits per heavy atom. The van der Waals surface area contributed by atoms with Crippen molar-refractivity contribution in [2.24, 2.45) is 0 Å². The molecule has 0 radical (unpaired) electrons. The highest BCUT2D eigenvalue weighted by molar-refractivity contribution is 7.09. The zero-order valence-electron chi connectivity index (χ0n) is 10.5. The van der Waals surface area contributed by atoms with Crippen LogP contribution in [0.5, 0.6) is 0 Å². The van der Waals surface area contributed by atoms with Crippen LogP contribution in [0.2, 0.25) is 0 Å². The van der Waals surface area contributed by atoms with Gasteiger partial charge in [0.25, 0.3) is 0 Å². The Hall–Kier alpha value is -0.160. The highest BCUT2D eigenvalue weighted by Gasteiger charge is 2.14. The van der Waals surface area contributed by atoms with Crippen LogP contribution in [0.15, 0.2) is 5.38 Å². The second kappa shape index (κ2) is 8.03. The Labute approximate surface area is 112 Å². The van der Waals surface area contributed by atoms with Gasteiger partial charge in [-0.25, -0.2) is 4.98 Å².